The van der Waals surface area contributed by atoms with Crippen molar-refractivity contribution in [2.75, 3.05) is 5.32 Å². The van der Waals surface area contributed by atoms with Crippen molar-refractivity contribution in [2.45, 2.75) is 13.3 Å². The lowest BCUT2D eigenvalue weighted by Crippen LogP contribution is -2.15. The Bertz CT molecular complexity index is 750. The van der Waals surface area contributed by atoms with Crippen LogP contribution in [-0.2, 0) is 11.2 Å². The number of amides is 1. The first kappa shape index (κ1) is 13.4. The van der Waals surface area contributed by atoms with E-state index < -0.39 is 0 Å². The molecule has 0 atom stereocenters. The second kappa shape index (κ2) is 5.84. The molecule has 106 valence electrons. The highest BCUT2D eigenvalue weighted by Gasteiger charge is 2.08. The summed E-state index contributed by atoms with van der Waals surface area (Å²) in [4.78, 5) is 25.4. The zero-order valence-corrected chi connectivity index (χ0v) is 12.2. The lowest BCUT2D eigenvalue weighted by Gasteiger charge is -2.07. The van der Waals surface area contributed by atoms with Gasteiger partial charge in [-0.2, -0.15) is 0 Å². The van der Waals surface area contributed by atoms with E-state index in [9.17, 15) is 4.79 Å². The van der Waals surface area contributed by atoms with Crippen molar-refractivity contribution in [2.24, 2.45) is 0 Å². The van der Waals surface area contributed by atoms with Crippen LogP contribution in [-0.4, -0.2) is 25.4 Å². The monoisotopic (exact) mass is 299 g/mol. The summed E-state index contributed by atoms with van der Waals surface area (Å²) in [5, 5.41) is 4.74. The Balaban J connectivity index is 1.74. The van der Waals surface area contributed by atoms with Gasteiger partial charge in [0.05, 0.1) is 6.42 Å². The van der Waals surface area contributed by atoms with E-state index in [0.717, 1.165) is 10.7 Å². The number of aryl methyl sites for hydroxylation is 1. The standard InChI is InChI=1S/C14H13N5OS/c1-10-15-4-5-19(10)13-8-12(16-9-17-13)18-14(20)7-11-3-2-6-21-11/h2-6,8-9H,7H2,1H3,(H,16,17,18,20). The number of nitrogens with one attached hydrogen (secondary N) is 1. The lowest BCUT2D eigenvalue weighted by molar-refractivity contribution is -0.115. The summed E-state index contributed by atoms with van der Waals surface area (Å²) in [5.41, 5.74) is 0. The molecule has 0 aliphatic rings. The van der Waals surface area contributed by atoms with Crippen LogP contribution in [0.3, 0.4) is 0 Å². The van der Waals surface area contributed by atoms with Gasteiger partial charge in [0.25, 0.3) is 0 Å². The average molecular weight is 299 g/mol. The molecule has 3 heterocycles. The van der Waals surface area contributed by atoms with E-state index in [0.29, 0.717) is 18.1 Å². The van der Waals surface area contributed by atoms with Crippen molar-refractivity contribution >= 4 is 23.1 Å². The minimum atomic E-state index is -0.0931. The van der Waals surface area contributed by atoms with Crippen molar-refractivity contribution < 1.29 is 4.79 Å². The molecule has 0 fully saturated rings. The molecule has 3 aromatic rings. The average Bonchev–Trinajstić information content (AvgIpc) is 3.10. The van der Waals surface area contributed by atoms with Gasteiger partial charge >= 0.3 is 0 Å². The molecule has 7 heteroatoms. The number of imidazole rings is 1. The van der Waals surface area contributed by atoms with Crippen LogP contribution < -0.4 is 5.32 Å². The summed E-state index contributed by atoms with van der Waals surface area (Å²) in [5.74, 6) is 1.88. The molecule has 0 saturated carbocycles. The van der Waals surface area contributed by atoms with Gasteiger partial charge in [0.1, 0.15) is 23.8 Å². The van der Waals surface area contributed by atoms with E-state index in [1.165, 1.54) is 6.33 Å². The largest absolute Gasteiger partial charge is 0.310 e. The van der Waals surface area contributed by atoms with Crippen molar-refractivity contribution in [3.63, 3.8) is 0 Å². The summed E-state index contributed by atoms with van der Waals surface area (Å²) in [6.07, 6.45) is 5.29. The minimum Gasteiger partial charge on any atom is -0.310 e. The number of hydrogen-bond donors (Lipinski definition) is 1. The second-order valence-corrected chi connectivity index (χ2v) is 5.44. The Kier molecular flexibility index (Phi) is 3.74. The third-order valence-corrected chi connectivity index (χ3v) is 3.78. The zero-order chi connectivity index (χ0) is 14.7. The number of hydrogen-bond acceptors (Lipinski definition) is 5. The van der Waals surface area contributed by atoms with Gasteiger partial charge in [0.2, 0.25) is 5.91 Å². The molecule has 0 bridgehead atoms. The summed E-state index contributed by atoms with van der Waals surface area (Å²) < 4.78 is 1.83. The molecule has 1 amide bonds. The molecule has 21 heavy (non-hydrogen) atoms. The molecule has 3 aromatic heterocycles. The van der Waals surface area contributed by atoms with E-state index in [2.05, 4.69) is 20.3 Å². The Hall–Kier alpha value is -2.54. The summed E-state index contributed by atoms with van der Waals surface area (Å²) in [6, 6.07) is 5.59. The minimum absolute atomic E-state index is 0.0931. The summed E-state index contributed by atoms with van der Waals surface area (Å²) >= 11 is 1.56. The maximum Gasteiger partial charge on any atom is 0.230 e. The first-order valence-corrected chi connectivity index (χ1v) is 7.25. The van der Waals surface area contributed by atoms with E-state index in [-0.39, 0.29) is 5.91 Å². The summed E-state index contributed by atoms with van der Waals surface area (Å²) in [7, 11) is 0. The number of rotatable bonds is 4. The Morgan fingerprint density at radius 3 is 3.00 bits per heavy atom. The van der Waals surface area contributed by atoms with Crippen LogP contribution in [0.25, 0.3) is 5.82 Å². The van der Waals surface area contributed by atoms with Gasteiger partial charge in [0.15, 0.2) is 0 Å². The molecule has 0 saturated heterocycles. The highest BCUT2D eigenvalue weighted by atomic mass is 32.1. The molecule has 0 aliphatic carbocycles. The molecule has 0 spiro atoms. The van der Waals surface area contributed by atoms with Crippen molar-refractivity contribution in [3.8, 4) is 5.82 Å². The van der Waals surface area contributed by atoms with E-state index in [1.807, 2.05) is 35.2 Å². The first-order chi connectivity index (χ1) is 10.2. The third-order valence-electron chi connectivity index (χ3n) is 2.91. The van der Waals surface area contributed by atoms with Crippen LogP contribution in [0.5, 0.6) is 0 Å². The first-order valence-electron chi connectivity index (χ1n) is 6.37. The third kappa shape index (κ3) is 3.14. The van der Waals surface area contributed by atoms with Gasteiger partial charge in [-0.1, -0.05) is 6.07 Å². The number of carbonyl (C=O) groups excluding carboxylic acids is 1. The van der Waals surface area contributed by atoms with Crippen molar-refractivity contribution in [1.29, 1.82) is 0 Å². The molecule has 1 N–H and O–H groups in total. The number of nitrogens with zero attached hydrogens (tertiary/aromatic N) is 4. The predicted octanol–water partition coefficient (Wildman–Crippen LogP) is 2.21. The van der Waals surface area contributed by atoms with E-state index in [4.69, 9.17) is 0 Å². The second-order valence-electron chi connectivity index (χ2n) is 4.41. The van der Waals surface area contributed by atoms with Gasteiger partial charge in [-0.3, -0.25) is 9.36 Å². The maximum atomic E-state index is 12.0. The summed E-state index contributed by atoms with van der Waals surface area (Å²) in [6.45, 7) is 1.89. The van der Waals surface area contributed by atoms with Gasteiger partial charge in [-0.05, 0) is 18.4 Å². The Labute approximate surface area is 125 Å². The molecular formula is C14H13N5OS. The molecule has 0 unspecified atom stereocenters. The molecular weight excluding hydrogens is 286 g/mol. The van der Waals surface area contributed by atoms with Gasteiger partial charge in [0, 0.05) is 23.3 Å². The van der Waals surface area contributed by atoms with Gasteiger partial charge in [-0.15, -0.1) is 11.3 Å². The fourth-order valence-electron chi connectivity index (χ4n) is 1.93. The number of thiophene rings is 1. The van der Waals surface area contributed by atoms with E-state index in [1.54, 1.807) is 23.6 Å². The molecule has 0 radical (unpaired) electrons. The number of anilines is 1. The van der Waals surface area contributed by atoms with Crippen LogP contribution in [0.4, 0.5) is 5.82 Å². The topological polar surface area (TPSA) is 72.7 Å². The van der Waals surface area contributed by atoms with Gasteiger partial charge < -0.3 is 5.32 Å². The number of carbonyl (C=O) groups is 1. The van der Waals surface area contributed by atoms with Crippen LogP contribution >= 0.6 is 11.3 Å². The van der Waals surface area contributed by atoms with E-state index >= 15 is 0 Å². The Morgan fingerprint density at radius 2 is 2.29 bits per heavy atom. The van der Waals surface area contributed by atoms with Crippen LogP contribution in [0.1, 0.15) is 10.7 Å². The van der Waals surface area contributed by atoms with Crippen molar-refractivity contribution in [1.82, 2.24) is 19.5 Å². The lowest BCUT2D eigenvalue weighted by atomic mass is 10.3. The normalized spacial score (nSPS) is 10.5. The molecule has 0 aromatic carbocycles. The highest BCUT2D eigenvalue weighted by Crippen LogP contribution is 2.13. The fourth-order valence-corrected chi connectivity index (χ4v) is 2.63. The van der Waals surface area contributed by atoms with Crippen LogP contribution in [0.15, 0.2) is 42.3 Å². The van der Waals surface area contributed by atoms with Crippen molar-refractivity contribution in [3.05, 3.63) is 53.0 Å². The smallest absolute Gasteiger partial charge is 0.230 e. The van der Waals surface area contributed by atoms with Crippen LogP contribution in [0, 0.1) is 6.92 Å². The fraction of sp³-hybridized carbons (Fsp3) is 0.143. The SMILES string of the molecule is Cc1nccn1-c1cc(NC(=O)Cc2cccs2)ncn1. The Morgan fingerprint density at radius 1 is 1.38 bits per heavy atom. The highest BCUT2D eigenvalue weighted by molar-refractivity contribution is 7.10. The molecule has 0 aliphatic heterocycles. The number of aromatic nitrogens is 4. The maximum absolute atomic E-state index is 12.0. The predicted molar refractivity (Wildman–Crippen MR) is 80.5 cm³/mol. The quantitative estimate of drug-likeness (QED) is 0.801. The van der Waals surface area contributed by atoms with Crippen LogP contribution in [0.2, 0.25) is 0 Å². The van der Waals surface area contributed by atoms with Gasteiger partial charge in [-0.25, -0.2) is 15.0 Å². The molecule has 6 nitrogen and oxygen atoms in total. The zero-order valence-electron chi connectivity index (χ0n) is 11.4. The molecule has 3 rings (SSSR count).